The highest BCUT2D eigenvalue weighted by molar-refractivity contribution is 6.79. The van der Waals surface area contributed by atoms with Gasteiger partial charge in [0, 0.05) is 0 Å². The molecule has 2 heteroatoms. The molecular weight excluding hydrogens is 114 g/mol. The zero-order chi connectivity index (χ0) is 6.78. The van der Waals surface area contributed by atoms with Gasteiger partial charge in [-0.15, -0.1) is 6.58 Å². The Bertz CT molecular complexity index is 86.5. The second kappa shape index (κ2) is 2.46. The molecule has 0 aromatic heterocycles. The van der Waals surface area contributed by atoms with Crippen LogP contribution in [0.25, 0.3) is 0 Å². The third-order valence-corrected chi connectivity index (χ3v) is 4.96. The lowest BCUT2D eigenvalue weighted by Gasteiger charge is -2.25. The molecule has 0 spiro atoms. The van der Waals surface area contributed by atoms with Crippen molar-refractivity contribution in [3.05, 3.63) is 12.3 Å². The minimum Gasteiger partial charge on any atom is -0.326 e. The molecule has 0 amide bonds. The second-order valence-electron chi connectivity index (χ2n) is 2.75. The molecule has 48 valence electrons. The van der Waals surface area contributed by atoms with E-state index in [-0.39, 0.29) is 0 Å². The topological polar surface area (TPSA) is 3.24 Å². The molecule has 0 aliphatic heterocycles. The molecule has 0 saturated heterocycles. The smallest absolute Gasteiger partial charge is 0.145 e. The Morgan fingerprint density at radius 1 is 1.38 bits per heavy atom. The minimum atomic E-state index is -1.16. The summed E-state index contributed by atoms with van der Waals surface area (Å²) in [5.74, 6) is 0. The predicted octanol–water partition coefficient (Wildman–Crippen LogP) is 1.48. The van der Waals surface area contributed by atoms with Gasteiger partial charge in [-0.05, 0) is 14.1 Å². The Morgan fingerprint density at radius 3 is 1.75 bits per heavy atom. The zero-order valence-corrected chi connectivity index (χ0v) is 7.23. The highest BCUT2D eigenvalue weighted by Crippen LogP contribution is 2.03. The van der Waals surface area contributed by atoms with E-state index in [9.17, 15) is 0 Å². The molecule has 0 aliphatic rings. The monoisotopic (exact) mass is 129 g/mol. The van der Waals surface area contributed by atoms with Crippen molar-refractivity contribution < 1.29 is 0 Å². The molecule has 0 saturated carbocycles. The van der Waals surface area contributed by atoms with E-state index in [1.165, 1.54) is 0 Å². The van der Waals surface area contributed by atoms with Gasteiger partial charge in [0.05, 0.1) is 0 Å². The van der Waals surface area contributed by atoms with Gasteiger partial charge in [0.15, 0.2) is 0 Å². The van der Waals surface area contributed by atoms with Crippen molar-refractivity contribution in [1.82, 2.24) is 4.57 Å². The molecule has 0 heterocycles. The van der Waals surface area contributed by atoms with Crippen LogP contribution in [0.2, 0.25) is 13.1 Å². The van der Waals surface area contributed by atoms with Gasteiger partial charge in [-0.1, -0.05) is 18.8 Å². The number of hydrogen-bond donors (Lipinski definition) is 0. The summed E-state index contributed by atoms with van der Waals surface area (Å²) in [5.41, 5.74) is 2.08. The first-order chi connectivity index (χ1) is 3.50. The molecule has 0 bridgehead atoms. The van der Waals surface area contributed by atoms with Gasteiger partial charge in [-0.2, -0.15) is 0 Å². The molecule has 0 aromatic carbocycles. The van der Waals surface area contributed by atoms with Crippen LogP contribution in [0.1, 0.15) is 0 Å². The van der Waals surface area contributed by atoms with E-state index >= 15 is 0 Å². The van der Waals surface area contributed by atoms with E-state index in [4.69, 9.17) is 0 Å². The van der Waals surface area contributed by atoms with Gasteiger partial charge in [-0.3, -0.25) is 0 Å². The van der Waals surface area contributed by atoms with E-state index in [0.29, 0.717) is 0 Å². The van der Waals surface area contributed by atoms with Crippen LogP contribution < -0.4 is 0 Å². The predicted molar refractivity (Wildman–Crippen MR) is 41.4 cm³/mol. The van der Waals surface area contributed by atoms with Crippen LogP contribution in [0.3, 0.4) is 0 Å². The molecule has 0 atom stereocenters. The summed E-state index contributed by atoms with van der Waals surface area (Å²) >= 11 is 0. The van der Waals surface area contributed by atoms with Crippen molar-refractivity contribution >= 4 is 8.24 Å². The summed E-state index contributed by atoms with van der Waals surface area (Å²) in [7, 11) is 3.05. The summed E-state index contributed by atoms with van der Waals surface area (Å²) in [6.07, 6.45) is 0. The molecule has 0 radical (unpaired) electrons. The first-order valence-corrected chi connectivity index (χ1v) is 5.84. The van der Waals surface area contributed by atoms with E-state index in [0.717, 1.165) is 0 Å². The molecule has 0 aliphatic carbocycles. The normalized spacial score (nSPS) is 12.1. The standard InChI is InChI=1S/C6H15NSi/c1-6-8(4,5)7(2)3/h6H,1H2,2-5H3. The SMILES string of the molecule is C=C[Si](C)(C)N(C)C. The quantitative estimate of drug-likeness (QED) is 0.510. The van der Waals surface area contributed by atoms with Gasteiger partial charge in [0.25, 0.3) is 0 Å². The summed E-state index contributed by atoms with van der Waals surface area (Å²) in [6, 6.07) is 0. The van der Waals surface area contributed by atoms with Crippen molar-refractivity contribution in [1.29, 1.82) is 0 Å². The fourth-order valence-electron chi connectivity index (χ4n) is 0.183. The van der Waals surface area contributed by atoms with Gasteiger partial charge in [-0.25, -0.2) is 0 Å². The van der Waals surface area contributed by atoms with E-state index in [1.54, 1.807) is 0 Å². The summed E-state index contributed by atoms with van der Waals surface area (Å²) in [4.78, 5) is 0. The fourth-order valence-corrected chi connectivity index (χ4v) is 0.548. The van der Waals surface area contributed by atoms with E-state index in [2.05, 4.69) is 44.0 Å². The Balaban J connectivity index is 3.90. The summed E-state index contributed by atoms with van der Waals surface area (Å²) in [5, 5.41) is 0. The van der Waals surface area contributed by atoms with Crippen LogP contribution in [0, 0.1) is 0 Å². The van der Waals surface area contributed by atoms with Crippen molar-refractivity contribution in [2.75, 3.05) is 14.1 Å². The fraction of sp³-hybridized carbons (Fsp3) is 0.667. The summed E-state index contributed by atoms with van der Waals surface area (Å²) in [6.45, 7) is 8.30. The van der Waals surface area contributed by atoms with Gasteiger partial charge >= 0.3 is 0 Å². The maximum absolute atomic E-state index is 3.77. The number of nitrogens with zero attached hydrogens (tertiary/aromatic N) is 1. The molecule has 0 aromatic rings. The Kier molecular flexibility index (Phi) is 2.44. The highest BCUT2D eigenvalue weighted by atomic mass is 28.3. The number of rotatable bonds is 2. The first-order valence-electron chi connectivity index (χ1n) is 2.81. The third kappa shape index (κ3) is 1.80. The average Bonchev–Trinajstić information content (AvgIpc) is 1.67. The van der Waals surface area contributed by atoms with Gasteiger partial charge < -0.3 is 4.57 Å². The largest absolute Gasteiger partial charge is 0.326 e. The Hall–Kier alpha value is -0.0831. The molecule has 0 rings (SSSR count). The minimum absolute atomic E-state index is 1.16. The lowest BCUT2D eigenvalue weighted by Crippen LogP contribution is -2.41. The van der Waals surface area contributed by atoms with Gasteiger partial charge in [0.2, 0.25) is 0 Å². The van der Waals surface area contributed by atoms with Crippen molar-refractivity contribution in [3.63, 3.8) is 0 Å². The maximum atomic E-state index is 3.77. The average molecular weight is 129 g/mol. The Morgan fingerprint density at radius 2 is 1.75 bits per heavy atom. The molecule has 0 unspecified atom stereocenters. The molecule has 1 nitrogen and oxygen atoms in total. The lowest BCUT2D eigenvalue weighted by atomic mass is 11.2. The van der Waals surface area contributed by atoms with E-state index in [1.807, 2.05) is 0 Å². The van der Waals surface area contributed by atoms with E-state index < -0.39 is 8.24 Å². The van der Waals surface area contributed by atoms with Crippen LogP contribution in [-0.4, -0.2) is 26.9 Å². The van der Waals surface area contributed by atoms with Crippen molar-refractivity contribution in [3.8, 4) is 0 Å². The van der Waals surface area contributed by atoms with Gasteiger partial charge in [0.1, 0.15) is 8.24 Å². The van der Waals surface area contributed by atoms with Crippen LogP contribution in [0.5, 0.6) is 0 Å². The van der Waals surface area contributed by atoms with Crippen molar-refractivity contribution in [2.45, 2.75) is 13.1 Å². The third-order valence-electron chi connectivity index (χ3n) is 1.65. The molecule has 8 heavy (non-hydrogen) atoms. The number of hydrogen-bond acceptors (Lipinski definition) is 1. The van der Waals surface area contributed by atoms with Crippen LogP contribution >= 0.6 is 0 Å². The van der Waals surface area contributed by atoms with Crippen LogP contribution in [0.4, 0.5) is 0 Å². The maximum Gasteiger partial charge on any atom is 0.145 e. The lowest BCUT2D eigenvalue weighted by molar-refractivity contribution is 0.632. The van der Waals surface area contributed by atoms with Crippen LogP contribution in [-0.2, 0) is 0 Å². The van der Waals surface area contributed by atoms with Crippen molar-refractivity contribution in [2.24, 2.45) is 0 Å². The summed E-state index contributed by atoms with van der Waals surface area (Å²) < 4.78 is 2.26. The first kappa shape index (κ1) is 7.92. The van der Waals surface area contributed by atoms with Crippen LogP contribution in [0.15, 0.2) is 12.3 Å². The second-order valence-corrected chi connectivity index (χ2v) is 7.36. The zero-order valence-electron chi connectivity index (χ0n) is 6.23. The highest BCUT2D eigenvalue weighted by Gasteiger charge is 2.17. The molecule has 0 fully saturated rings. The Labute approximate surface area is 53.1 Å². The molecule has 0 N–H and O–H groups in total. The molecular formula is C6H15NSi.